The number of hydrogen-bond acceptors (Lipinski definition) is 2. The number of amides is 1. The van der Waals surface area contributed by atoms with Gasteiger partial charge in [0.25, 0.3) is 0 Å². The van der Waals surface area contributed by atoms with Crippen molar-refractivity contribution in [3.63, 3.8) is 0 Å². The molecule has 0 saturated heterocycles. The zero-order chi connectivity index (χ0) is 9.23. The van der Waals surface area contributed by atoms with Crippen molar-refractivity contribution in [3.8, 4) is 12.0 Å². The molecule has 68 valence electrons. The Morgan fingerprint density at radius 2 is 2.17 bits per heavy atom. The van der Waals surface area contributed by atoms with Crippen LogP contribution in [0.15, 0.2) is 0 Å². The van der Waals surface area contributed by atoms with Crippen molar-refractivity contribution in [3.05, 3.63) is 0 Å². The van der Waals surface area contributed by atoms with Crippen LogP contribution in [0.5, 0.6) is 0 Å². The summed E-state index contributed by atoms with van der Waals surface area (Å²) in [6.45, 7) is 2.15. The molecule has 3 nitrogen and oxygen atoms in total. The topological polar surface area (TPSA) is 52.3 Å². The minimum atomic E-state index is -0.837. The molecule has 0 aromatic carbocycles. The van der Waals surface area contributed by atoms with E-state index >= 15 is 0 Å². The first-order chi connectivity index (χ1) is 5.77. The number of ether oxygens (including phenoxy) is 1. The van der Waals surface area contributed by atoms with E-state index in [-0.39, 0.29) is 0 Å². The Kier molecular flexibility index (Phi) is 7.16. The molecule has 0 bridgehead atoms. The first kappa shape index (κ1) is 10.8. The van der Waals surface area contributed by atoms with Crippen molar-refractivity contribution in [1.29, 1.82) is 0 Å². The third-order valence-electron chi connectivity index (χ3n) is 1.38. The molecule has 12 heavy (non-hydrogen) atoms. The fourth-order valence-corrected chi connectivity index (χ4v) is 0.778. The van der Waals surface area contributed by atoms with E-state index in [4.69, 9.17) is 5.73 Å². The van der Waals surface area contributed by atoms with Gasteiger partial charge in [-0.25, -0.2) is 4.79 Å². The molecule has 1 amide bonds. The Bertz CT molecular complexity index is 179. The molecule has 0 fully saturated rings. The fraction of sp³-hybridized carbons (Fsp3) is 0.667. The van der Waals surface area contributed by atoms with Gasteiger partial charge in [0.05, 0.1) is 0 Å². The van der Waals surface area contributed by atoms with Crippen molar-refractivity contribution >= 4 is 6.09 Å². The van der Waals surface area contributed by atoms with Gasteiger partial charge in [-0.2, -0.15) is 0 Å². The SMILES string of the molecule is CCCCCCC#COC(N)=O. The molecule has 0 aromatic heterocycles. The van der Waals surface area contributed by atoms with Crippen LogP contribution in [0.3, 0.4) is 0 Å². The van der Waals surface area contributed by atoms with E-state index in [1.807, 2.05) is 0 Å². The van der Waals surface area contributed by atoms with Gasteiger partial charge in [-0.1, -0.05) is 32.1 Å². The van der Waals surface area contributed by atoms with Crippen molar-refractivity contribution in [2.24, 2.45) is 5.73 Å². The fourth-order valence-electron chi connectivity index (χ4n) is 0.778. The van der Waals surface area contributed by atoms with E-state index in [1.165, 1.54) is 19.3 Å². The van der Waals surface area contributed by atoms with E-state index in [0.29, 0.717) is 0 Å². The molecular formula is C9H15NO2. The zero-order valence-electron chi connectivity index (χ0n) is 7.43. The van der Waals surface area contributed by atoms with Crippen molar-refractivity contribution in [2.75, 3.05) is 0 Å². The van der Waals surface area contributed by atoms with Crippen molar-refractivity contribution in [1.82, 2.24) is 0 Å². The Balaban J connectivity index is 3.16. The van der Waals surface area contributed by atoms with Crippen LogP contribution in [0.1, 0.15) is 39.0 Å². The molecule has 0 aliphatic rings. The van der Waals surface area contributed by atoms with Crippen LogP contribution in [0.4, 0.5) is 4.79 Å². The molecule has 0 aromatic rings. The lowest BCUT2D eigenvalue weighted by molar-refractivity contribution is 0.202. The third kappa shape index (κ3) is 8.83. The molecule has 0 heterocycles. The van der Waals surface area contributed by atoms with Gasteiger partial charge in [-0.15, -0.1) is 0 Å². The monoisotopic (exact) mass is 169 g/mol. The second-order valence-corrected chi connectivity index (χ2v) is 2.51. The number of primary amides is 1. The lowest BCUT2D eigenvalue weighted by Gasteiger charge is -1.91. The number of nitrogens with two attached hydrogens (primary N) is 1. The summed E-state index contributed by atoms with van der Waals surface area (Å²) in [6, 6.07) is 0. The summed E-state index contributed by atoms with van der Waals surface area (Å²) in [7, 11) is 0. The van der Waals surface area contributed by atoms with Crippen LogP contribution in [-0.4, -0.2) is 6.09 Å². The highest BCUT2D eigenvalue weighted by atomic mass is 16.5. The molecule has 3 heteroatoms. The Hall–Kier alpha value is -1.17. The molecule has 0 saturated carbocycles. The van der Waals surface area contributed by atoms with Crippen molar-refractivity contribution < 1.29 is 9.53 Å². The van der Waals surface area contributed by atoms with Gasteiger partial charge >= 0.3 is 6.09 Å². The molecule has 0 aliphatic carbocycles. The van der Waals surface area contributed by atoms with Crippen LogP contribution in [0.2, 0.25) is 0 Å². The van der Waals surface area contributed by atoms with Crippen LogP contribution in [-0.2, 0) is 4.74 Å². The molecule has 0 unspecified atom stereocenters. The molecule has 0 radical (unpaired) electrons. The molecule has 0 spiro atoms. The summed E-state index contributed by atoms with van der Waals surface area (Å²) >= 11 is 0. The molecule has 0 aliphatic heterocycles. The van der Waals surface area contributed by atoms with Gasteiger partial charge in [-0.05, 0) is 6.42 Å². The molecule has 2 N–H and O–H groups in total. The molecule has 0 rings (SSSR count). The van der Waals surface area contributed by atoms with Gasteiger partial charge in [0.1, 0.15) is 6.11 Å². The average Bonchev–Trinajstić information content (AvgIpc) is 2.02. The Morgan fingerprint density at radius 3 is 2.75 bits per heavy atom. The standard InChI is InChI=1S/C9H15NO2/c1-2-3-4-5-6-7-8-12-9(10)11/h2-6H2,1H3,(H2,10,11). The highest BCUT2D eigenvalue weighted by Crippen LogP contribution is 2.00. The summed E-state index contributed by atoms with van der Waals surface area (Å²) in [5, 5.41) is 0. The van der Waals surface area contributed by atoms with Crippen LogP contribution < -0.4 is 5.73 Å². The lowest BCUT2D eigenvalue weighted by atomic mass is 10.2. The quantitative estimate of drug-likeness (QED) is 0.517. The normalized spacial score (nSPS) is 8.42. The van der Waals surface area contributed by atoms with Gasteiger partial charge in [0.2, 0.25) is 0 Å². The van der Waals surface area contributed by atoms with E-state index < -0.39 is 6.09 Å². The zero-order valence-corrected chi connectivity index (χ0v) is 7.43. The summed E-state index contributed by atoms with van der Waals surface area (Å²) in [4.78, 5) is 10.0. The summed E-state index contributed by atoms with van der Waals surface area (Å²) in [5.74, 6) is 2.70. The maximum atomic E-state index is 10.0. The number of hydrogen-bond donors (Lipinski definition) is 1. The molecule has 0 atom stereocenters. The van der Waals surface area contributed by atoms with E-state index in [2.05, 4.69) is 23.7 Å². The predicted octanol–water partition coefficient (Wildman–Crippen LogP) is 2.01. The Morgan fingerprint density at radius 1 is 1.42 bits per heavy atom. The summed E-state index contributed by atoms with van der Waals surface area (Å²) in [6.07, 6.45) is 6.86. The maximum Gasteiger partial charge on any atom is 0.418 e. The number of unbranched alkanes of at least 4 members (excludes halogenated alkanes) is 4. The average molecular weight is 169 g/mol. The lowest BCUT2D eigenvalue weighted by Crippen LogP contribution is -2.09. The first-order valence-corrected chi connectivity index (χ1v) is 4.21. The van der Waals surface area contributed by atoms with Gasteiger partial charge in [-0.3, -0.25) is 0 Å². The number of rotatable bonds is 4. The minimum absolute atomic E-state index is 0.771. The highest BCUT2D eigenvalue weighted by molar-refractivity contribution is 5.65. The van der Waals surface area contributed by atoms with E-state index in [9.17, 15) is 4.79 Å². The first-order valence-electron chi connectivity index (χ1n) is 4.21. The number of carbonyl (C=O) groups excluding carboxylic acids is 1. The minimum Gasteiger partial charge on any atom is -0.356 e. The van der Waals surface area contributed by atoms with Crippen molar-refractivity contribution in [2.45, 2.75) is 39.0 Å². The number of carbonyl (C=O) groups is 1. The molecular weight excluding hydrogens is 154 g/mol. The van der Waals surface area contributed by atoms with Crippen LogP contribution in [0, 0.1) is 12.0 Å². The smallest absolute Gasteiger partial charge is 0.356 e. The van der Waals surface area contributed by atoms with E-state index in [0.717, 1.165) is 12.8 Å². The van der Waals surface area contributed by atoms with E-state index in [1.54, 1.807) is 0 Å². The summed E-state index contributed by atoms with van der Waals surface area (Å²) < 4.78 is 4.23. The predicted molar refractivity (Wildman–Crippen MR) is 47.2 cm³/mol. The third-order valence-corrected chi connectivity index (χ3v) is 1.38. The summed E-state index contributed by atoms with van der Waals surface area (Å²) in [5.41, 5.74) is 4.69. The van der Waals surface area contributed by atoms with Gasteiger partial charge in [0, 0.05) is 6.42 Å². The maximum absolute atomic E-state index is 10.0. The van der Waals surface area contributed by atoms with Crippen LogP contribution >= 0.6 is 0 Å². The largest absolute Gasteiger partial charge is 0.418 e. The van der Waals surface area contributed by atoms with Gasteiger partial charge in [0.15, 0.2) is 0 Å². The second kappa shape index (κ2) is 7.93. The Labute approximate surface area is 73.3 Å². The highest BCUT2D eigenvalue weighted by Gasteiger charge is 1.86. The second-order valence-electron chi connectivity index (χ2n) is 2.51. The van der Waals surface area contributed by atoms with Gasteiger partial charge < -0.3 is 10.5 Å². The van der Waals surface area contributed by atoms with Crippen LogP contribution in [0.25, 0.3) is 0 Å².